The zero-order valence-corrected chi connectivity index (χ0v) is 13.4. The Morgan fingerprint density at radius 1 is 1.30 bits per heavy atom. The van der Waals surface area contributed by atoms with E-state index in [9.17, 15) is 14.0 Å². The number of halogens is 1. The van der Waals surface area contributed by atoms with E-state index in [2.05, 4.69) is 9.98 Å². The van der Waals surface area contributed by atoms with Crippen molar-refractivity contribution in [3.63, 3.8) is 0 Å². The van der Waals surface area contributed by atoms with Crippen LogP contribution in [-0.4, -0.2) is 40.8 Å². The minimum atomic E-state index is -0.870. The van der Waals surface area contributed by atoms with Gasteiger partial charge in [0.05, 0.1) is 12.5 Å². The van der Waals surface area contributed by atoms with Crippen molar-refractivity contribution in [3.05, 3.63) is 57.4 Å². The smallest absolute Gasteiger partial charge is 0.356 e. The monoisotopic (exact) mass is 316 g/mol. The Morgan fingerprint density at radius 2 is 1.91 bits per heavy atom. The van der Waals surface area contributed by atoms with E-state index in [0.717, 1.165) is 6.20 Å². The van der Waals surface area contributed by atoms with E-state index in [4.69, 9.17) is 0 Å². The molecule has 0 fully saturated rings. The molecule has 0 bridgehead atoms. The second kappa shape index (κ2) is 6.51. The van der Waals surface area contributed by atoms with Gasteiger partial charge in [-0.15, -0.1) is 0 Å². The van der Waals surface area contributed by atoms with Gasteiger partial charge in [0, 0.05) is 19.7 Å². The number of aliphatic imine (C=N–C) groups is 1. The number of aryl methyl sites for hydroxylation is 2. The van der Waals surface area contributed by atoms with Crippen LogP contribution in [0.1, 0.15) is 21.5 Å². The first kappa shape index (κ1) is 16.5. The Kier molecular flexibility index (Phi) is 4.68. The van der Waals surface area contributed by atoms with Gasteiger partial charge in [0.2, 0.25) is 0 Å². The van der Waals surface area contributed by atoms with Crippen molar-refractivity contribution in [2.24, 2.45) is 4.99 Å². The Bertz CT molecular complexity index is 820. The van der Waals surface area contributed by atoms with Gasteiger partial charge >= 0.3 is 5.69 Å². The molecule has 0 amide bonds. The van der Waals surface area contributed by atoms with Crippen molar-refractivity contribution in [2.75, 3.05) is 14.1 Å². The van der Waals surface area contributed by atoms with Crippen LogP contribution in [0, 0.1) is 19.7 Å². The molecule has 0 atom stereocenters. The van der Waals surface area contributed by atoms with Crippen LogP contribution >= 0.6 is 0 Å². The molecule has 2 aromatic rings. The molecule has 1 aromatic heterocycles. The highest BCUT2D eigenvalue weighted by atomic mass is 19.1. The summed E-state index contributed by atoms with van der Waals surface area (Å²) in [6.45, 7) is 3.51. The molecule has 7 heteroatoms. The molecule has 23 heavy (non-hydrogen) atoms. The van der Waals surface area contributed by atoms with Crippen LogP contribution in [0.25, 0.3) is 0 Å². The second-order valence-electron chi connectivity index (χ2n) is 5.35. The lowest BCUT2D eigenvalue weighted by atomic mass is 10.0. The van der Waals surface area contributed by atoms with E-state index < -0.39 is 17.4 Å². The van der Waals surface area contributed by atoms with Gasteiger partial charge in [-0.05, 0) is 25.0 Å². The lowest BCUT2D eigenvalue weighted by molar-refractivity contribution is 0.0951. The zero-order chi connectivity index (χ0) is 17.1. The predicted octanol–water partition coefficient (Wildman–Crippen LogP) is 1.91. The third-order valence-electron chi connectivity index (χ3n) is 3.19. The minimum Gasteiger partial charge on any atom is -0.369 e. The fourth-order valence-electron chi connectivity index (χ4n) is 2.10. The highest BCUT2D eigenvalue weighted by molar-refractivity contribution is 5.98. The SMILES string of the molecule is Cc1cccc(C)c1C(=O)n1cc(F)c(/N=C\N(C)C)nc1=O. The molecule has 6 nitrogen and oxygen atoms in total. The first-order valence-electron chi connectivity index (χ1n) is 6.92. The maximum absolute atomic E-state index is 14.1. The molecule has 0 unspecified atom stereocenters. The molecule has 0 aliphatic heterocycles. The van der Waals surface area contributed by atoms with Crippen molar-refractivity contribution in [1.29, 1.82) is 0 Å². The first-order valence-corrected chi connectivity index (χ1v) is 6.92. The van der Waals surface area contributed by atoms with Gasteiger partial charge in [0.15, 0.2) is 11.6 Å². The van der Waals surface area contributed by atoms with Crippen molar-refractivity contribution >= 4 is 18.1 Å². The standard InChI is InChI=1S/C16H17FN4O2/c1-10-6-5-7-11(2)13(10)15(22)21-8-12(17)14(19-16(21)23)18-9-20(3)4/h5-9H,1-4H3/b18-9-. The topological polar surface area (TPSA) is 67.6 Å². The maximum atomic E-state index is 14.1. The van der Waals surface area contributed by atoms with Gasteiger partial charge in [-0.25, -0.2) is 18.7 Å². The van der Waals surface area contributed by atoms with Gasteiger partial charge < -0.3 is 4.90 Å². The summed E-state index contributed by atoms with van der Waals surface area (Å²) in [7, 11) is 3.40. The molecule has 120 valence electrons. The Hall–Kier alpha value is -2.83. The number of benzene rings is 1. The summed E-state index contributed by atoms with van der Waals surface area (Å²) in [5, 5.41) is 0. The fraction of sp³-hybridized carbons (Fsp3) is 0.250. The van der Waals surface area contributed by atoms with E-state index in [0.29, 0.717) is 21.3 Å². The van der Waals surface area contributed by atoms with Crippen LogP contribution in [0.4, 0.5) is 10.2 Å². The normalized spacial score (nSPS) is 11.0. The molecule has 0 spiro atoms. The second-order valence-corrected chi connectivity index (χ2v) is 5.35. The summed E-state index contributed by atoms with van der Waals surface area (Å²) in [6.07, 6.45) is 2.15. The van der Waals surface area contributed by atoms with Crippen LogP contribution in [-0.2, 0) is 0 Å². The average molecular weight is 316 g/mol. The number of hydrogen-bond acceptors (Lipinski definition) is 4. The maximum Gasteiger partial charge on any atom is 0.356 e. The summed E-state index contributed by atoms with van der Waals surface area (Å²) in [6, 6.07) is 5.32. The van der Waals surface area contributed by atoms with E-state index in [1.165, 1.54) is 6.34 Å². The lowest BCUT2D eigenvalue weighted by Gasteiger charge is -2.10. The van der Waals surface area contributed by atoms with Crippen molar-refractivity contribution in [3.8, 4) is 0 Å². The number of hydrogen-bond donors (Lipinski definition) is 0. The van der Waals surface area contributed by atoms with Gasteiger partial charge in [0.25, 0.3) is 5.91 Å². The zero-order valence-electron chi connectivity index (χ0n) is 13.4. The van der Waals surface area contributed by atoms with E-state index in [1.807, 2.05) is 6.07 Å². The van der Waals surface area contributed by atoms with Crippen molar-refractivity contribution in [1.82, 2.24) is 14.5 Å². The minimum absolute atomic E-state index is 0.353. The van der Waals surface area contributed by atoms with Crippen LogP contribution in [0.3, 0.4) is 0 Å². The van der Waals surface area contributed by atoms with Crippen LogP contribution in [0.15, 0.2) is 34.2 Å². The third kappa shape index (κ3) is 3.50. The third-order valence-corrected chi connectivity index (χ3v) is 3.19. The molecule has 0 N–H and O–H groups in total. The summed E-state index contributed by atoms with van der Waals surface area (Å²) >= 11 is 0. The largest absolute Gasteiger partial charge is 0.369 e. The highest BCUT2D eigenvalue weighted by Crippen LogP contribution is 2.16. The predicted molar refractivity (Wildman–Crippen MR) is 85.9 cm³/mol. The van der Waals surface area contributed by atoms with E-state index in [1.54, 1.807) is 45.0 Å². The Balaban J connectivity index is 2.51. The van der Waals surface area contributed by atoms with Crippen molar-refractivity contribution in [2.45, 2.75) is 13.8 Å². The molecule has 0 radical (unpaired) electrons. The molecule has 1 heterocycles. The molecule has 2 rings (SSSR count). The number of nitrogens with zero attached hydrogens (tertiary/aromatic N) is 4. The number of carbonyl (C=O) groups excluding carboxylic acids is 1. The molecular formula is C16H17FN4O2. The average Bonchev–Trinajstić information content (AvgIpc) is 2.47. The van der Waals surface area contributed by atoms with E-state index >= 15 is 0 Å². The van der Waals surface area contributed by atoms with Gasteiger partial charge in [-0.2, -0.15) is 4.98 Å². The van der Waals surface area contributed by atoms with Gasteiger partial charge in [0.1, 0.15) is 0 Å². The molecule has 0 saturated carbocycles. The molecule has 0 saturated heterocycles. The number of carbonyl (C=O) groups is 1. The van der Waals surface area contributed by atoms with Gasteiger partial charge in [-0.1, -0.05) is 18.2 Å². The summed E-state index contributed by atoms with van der Waals surface area (Å²) in [4.78, 5) is 33.5. The highest BCUT2D eigenvalue weighted by Gasteiger charge is 2.18. The first-order chi connectivity index (χ1) is 10.8. The Morgan fingerprint density at radius 3 is 2.48 bits per heavy atom. The molecule has 0 aliphatic carbocycles. The number of rotatable bonds is 3. The summed E-state index contributed by atoms with van der Waals surface area (Å²) in [5.74, 6) is -1.81. The quantitative estimate of drug-likeness (QED) is 0.641. The lowest BCUT2D eigenvalue weighted by Crippen LogP contribution is -2.30. The summed E-state index contributed by atoms with van der Waals surface area (Å²) < 4.78 is 14.7. The van der Waals surface area contributed by atoms with E-state index in [-0.39, 0.29) is 5.82 Å². The van der Waals surface area contributed by atoms with Gasteiger partial charge in [-0.3, -0.25) is 4.79 Å². The molecular weight excluding hydrogens is 299 g/mol. The number of aromatic nitrogens is 2. The van der Waals surface area contributed by atoms with Crippen molar-refractivity contribution < 1.29 is 9.18 Å². The Labute approximate surface area is 132 Å². The van der Waals surface area contributed by atoms with Crippen LogP contribution in [0.2, 0.25) is 0 Å². The van der Waals surface area contributed by atoms with Crippen LogP contribution < -0.4 is 5.69 Å². The van der Waals surface area contributed by atoms with Crippen LogP contribution in [0.5, 0.6) is 0 Å². The fourth-order valence-corrected chi connectivity index (χ4v) is 2.10. The molecule has 1 aromatic carbocycles. The molecule has 0 aliphatic rings. The summed E-state index contributed by atoms with van der Waals surface area (Å²) in [5.41, 5.74) is 0.902.